The Bertz CT molecular complexity index is 313. The molecule has 1 rings (SSSR count). The first-order valence-corrected chi connectivity index (χ1v) is 5.78. The number of halogens is 1. The Kier molecular flexibility index (Phi) is 5.43. The summed E-state index contributed by atoms with van der Waals surface area (Å²) in [7, 11) is 0. The number of nitrogens with two attached hydrogens (primary N) is 1. The van der Waals surface area contributed by atoms with Gasteiger partial charge in [-0.1, -0.05) is 26.0 Å². The van der Waals surface area contributed by atoms with Crippen molar-refractivity contribution >= 4 is 0 Å². The zero-order chi connectivity index (χ0) is 12.0. The van der Waals surface area contributed by atoms with E-state index in [1.165, 1.54) is 6.07 Å². The Morgan fingerprint density at radius 2 is 2.12 bits per heavy atom. The quantitative estimate of drug-likeness (QED) is 0.803. The lowest BCUT2D eigenvalue weighted by atomic mass is 10.1. The molecule has 0 aliphatic rings. The summed E-state index contributed by atoms with van der Waals surface area (Å²) in [5, 5.41) is 0. The van der Waals surface area contributed by atoms with Crippen LogP contribution in [0, 0.1) is 11.7 Å². The smallest absolute Gasteiger partial charge is 0.123 e. The van der Waals surface area contributed by atoms with Crippen LogP contribution in [0.15, 0.2) is 24.3 Å². The largest absolute Gasteiger partial charge is 0.329 e. The summed E-state index contributed by atoms with van der Waals surface area (Å²) >= 11 is 0. The van der Waals surface area contributed by atoms with Crippen molar-refractivity contribution in [3.63, 3.8) is 0 Å². The molecule has 0 radical (unpaired) electrons. The second kappa shape index (κ2) is 6.61. The highest BCUT2D eigenvalue weighted by molar-refractivity contribution is 5.16. The molecule has 0 aromatic heterocycles. The minimum absolute atomic E-state index is 0.172. The highest BCUT2D eigenvalue weighted by Crippen LogP contribution is 2.08. The molecule has 16 heavy (non-hydrogen) atoms. The van der Waals surface area contributed by atoms with E-state index in [1.54, 1.807) is 12.1 Å². The van der Waals surface area contributed by atoms with E-state index in [0.29, 0.717) is 12.5 Å². The standard InChI is InChI=1S/C13H21FN2/c1-11(2)9-16(7-6-15)10-12-4-3-5-13(14)8-12/h3-5,8,11H,6-7,9-10,15H2,1-2H3. The SMILES string of the molecule is CC(C)CN(CCN)Cc1cccc(F)c1. The van der Waals surface area contributed by atoms with Gasteiger partial charge in [-0.05, 0) is 23.6 Å². The van der Waals surface area contributed by atoms with Crippen LogP contribution in [-0.4, -0.2) is 24.5 Å². The molecule has 0 unspecified atom stereocenters. The second-order valence-corrected chi connectivity index (χ2v) is 4.55. The Morgan fingerprint density at radius 3 is 2.69 bits per heavy atom. The van der Waals surface area contributed by atoms with Gasteiger partial charge in [0.25, 0.3) is 0 Å². The Labute approximate surface area is 97.3 Å². The van der Waals surface area contributed by atoms with Crippen LogP contribution in [0.3, 0.4) is 0 Å². The Hall–Kier alpha value is -0.930. The van der Waals surface area contributed by atoms with Crippen molar-refractivity contribution in [3.8, 4) is 0 Å². The van der Waals surface area contributed by atoms with Gasteiger partial charge in [-0.3, -0.25) is 4.90 Å². The first-order valence-electron chi connectivity index (χ1n) is 5.78. The number of hydrogen-bond acceptors (Lipinski definition) is 2. The van der Waals surface area contributed by atoms with Crippen LogP contribution in [0.25, 0.3) is 0 Å². The molecule has 0 aliphatic heterocycles. The summed E-state index contributed by atoms with van der Waals surface area (Å²) in [6.07, 6.45) is 0. The van der Waals surface area contributed by atoms with Gasteiger partial charge in [-0.2, -0.15) is 0 Å². The molecular formula is C13H21FN2. The second-order valence-electron chi connectivity index (χ2n) is 4.55. The van der Waals surface area contributed by atoms with Crippen LogP contribution in [-0.2, 0) is 6.54 Å². The molecule has 2 nitrogen and oxygen atoms in total. The average molecular weight is 224 g/mol. The molecule has 0 atom stereocenters. The van der Waals surface area contributed by atoms with E-state index in [0.717, 1.165) is 25.2 Å². The van der Waals surface area contributed by atoms with E-state index in [-0.39, 0.29) is 5.82 Å². The van der Waals surface area contributed by atoms with Crippen molar-refractivity contribution in [2.75, 3.05) is 19.6 Å². The first kappa shape index (κ1) is 13.1. The van der Waals surface area contributed by atoms with Gasteiger partial charge in [0, 0.05) is 26.2 Å². The van der Waals surface area contributed by atoms with E-state index in [2.05, 4.69) is 18.7 Å². The maximum absolute atomic E-state index is 13.0. The summed E-state index contributed by atoms with van der Waals surface area (Å²) in [6, 6.07) is 6.76. The fourth-order valence-electron chi connectivity index (χ4n) is 1.83. The van der Waals surface area contributed by atoms with Crippen molar-refractivity contribution < 1.29 is 4.39 Å². The number of benzene rings is 1. The maximum atomic E-state index is 13.0. The topological polar surface area (TPSA) is 29.3 Å². The number of hydrogen-bond donors (Lipinski definition) is 1. The fraction of sp³-hybridized carbons (Fsp3) is 0.538. The lowest BCUT2D eigenvalue weighted by molar-refractivity contribution is 0.242. The molecule has 0 amide bonds. The average Bonchev–Trinajstić information content (AvgIpc) is 2.16. The van der Waals surface area contributed by atoms with Gasteiger partial charge >= 0.3 is 0 Å². The molecule has 3 heteroatoms. The van der Waals surface area contributed by atoms with Crippen LogP contribution < -0.4 is 5.73 Å². The zero-order valence-corrected chi connectivity index (χ0v) is 10.1. The molecule has 0 saturated carbocycles. The number of nitrogens with zero attached hydrogens (tertiary/aromatic N) is 1. The molecule has 1 aromatic carbocycles. The molecule has 0 bridgehead atoms. The Balaban J connectivity index is 2.60. The predicted molar refractivity (Wildman–Crippen MR) is 65.6 cm³/mol. The van der Waals surface area contributed by atoms with Crippen molar-refractivity contribution in [2.45, 2.75) is 20.4 Å². The van der Waals surface area contributed by atoms with Crippen molar-refractivity contribution in [1.82, 2.24) is 4.90 Å². The third kappa shape index (κ3) is 4.73. The van der Waals surface area contributed by atoms with Crippen LogP contribution in [0.5, 0.6) is 0 Å². The van der Waals surface area contributed by atoms with E-state index < -0.39 is 0 Å². The summed E-state index contributed by atoms with van der Waals surface area (Å²) in [5.41, 5.74) is 6.58. The van der Waals surface area contributed by atoms with E-state index >= 15 is 0 Å². The van der Waals surface area contributed by atoms with E-state index in [1.807, 2.05) is 6.07 Å². The minimum Gasteiger partial charge on any atom is -0.329 e. The van der Waals surface area contributed by atoms with Gasteiger partial charge < -0.3 is 5.73 Å². The summed E-state index contributed by atoms with van der Waals surface area (Å²) in [6.45, 7) is 7.61. The monoisotopic (exact) mass is 224 g/mol. The lowest BCUT2D eigenvalue weighted by Gasteiger charge is -2.23. The molecule has 2 N–H and O–H groups in total. The molecule has 0 saturated heterocycles. The van der Waals surface area contributed by atoms with Gasteiger partial charge in [0.15, 0.2) is 0 Å². The van der Waals surface area contributed by atoms with Crippen molar-refractivity contribution in [1.29, 1.82) is 0 Å². The van der Waals surface area contributed by atoms with Crippen molar-refractivity contribution in [2.24, 2.45) is 11.7 Å². The maximum Gasteiger partial charge on any atom is 0.123 e. The van der Waals surface area contributed by atoms with E-state index in [4.69, 9.17) is 5.73 Å². The highest BCUT2D eigenvalue weighted by atomic mass is 19.1. The molecule has 90 valence electrons. The van der Waals surface area contributed by atoms with E-state index in [9.17, 15) is 4.39 Å². The van der Waals surface area contributed by atoms with Gasteiger partial charge in [-0.25, -0.2) is 4.39 Å². The third-order valence-electron chi connectivity index (χ3n) is 2.36. The summed E-state index contributed by atoms with van der Waals surface area (Å²) in [5.74, 6) is 0.426. The normalized spacial score (nSPS) is 11.4. The van der Waals surface area contributed by atoms with Gasteiger partial charge in [-0.15, -0.1) is 0 Å². The molecule has 0 spiro atoms. The van der Waals surface area contributed by atoms with Crippen LogP contribution >= 0.6 is 0 Å². The van der Waals surface area contributed by atoms with Gasteiger partial charge in [0.2, 0.25) is 0 Å². The van der Waals surface area contributed by atoms with Crippen LogP contribution in [0.4, 0.5) is 4.39 Å². The van der Waals surface area contributed by atoms with Gasteiger partial charge in [0.1, 0.15) is 5.82 Å². The minimum atomic E-state index is -0.172. The predicted octanol–water partition coefficient (Wildman–Crippen LogP) is 2.24. The highest BCUT2D eigenvalue weighted by Gasteiger charge is 2.07. The molecule has 1 aromatic rings. The molecular weight excluding hydrogens is 203 g/mol. The first-order chi connectivity index (χ1) is 7.61. The molecule has 0 heterocycles. The van der Waals surface area contributed by atoms with Crippen molar-refractivity contribution in [3.05, 3.63) is 35.6 Å². The van der Waals surface area contributed by atoms with Gasteiger partial charge in [0.05, 0.1) is 0 Å². The zero-order valence-electron chi connectivity index (χ0n) is 10.1. The third-order valence-corrected chi connectivity index (χ3v) is 2.36. The lowest BCUT2D eigenvalue weighted by Crippen LogP contribution is -2.32. The Morgan fingerprint density at radius 1 is 1.38 bits per heavy atom. The summed E-state index contributed by atoms with van der Waals surface area (Å²) in [4.78, 5) is 2.26. The molecule has 0 aliphatic carbocycles. The van der Waals surface area contributed by atoms with Crippen LogP contribution in [0.2, 0.25) is 0 Å². The number of rotatable bonds is 6. The fourth-order valence-corrected chi connectivity index (χ4v) is 1.83. The molecule has 0 fully saturated rings. The van der Waals surface area contributed by atoms with Crippen LogP contribution in [0.1, 0.15) is 19.4 Å². The summed E-state index contributed by atoms with van der Waals surface area (Å²) < 4.78 is 13.0.